The fourth-order valence-corrected chi connectivity index (χ4v) is 3.68. The van der Waals surface area contributed by atoms with E-state index in [4.69, 9.17) is 4.74 Å². The first-order valence-electron chi connectivity index (χ1n) is 10.1. The summed E-state index contributed by atoms with van der Waals surface area (Å²) in [5.74, 6) is 1.26. The molecule has 0 unspecified atom stereocenters. The molecule has 0 radical (unpaired) electrons. The summed E-state index contributed by atoms with van der Waals surface area (Å²) in [6.07, 6.45) is 0. The maximum Gasteiger partial charge on any atom is 0.196 e. The van der Waals surface area contributed by atoms with E-state index in [2.05, 4.69) is 26.0 Å². The van der Waals surface area contributed by atoms with E-state index in [1.54, 1.807) is 0 Å². The van der Waals surface area contributed by atoms with Gasteiger partial charge in [0.25, 0.3) is 0 Å². The Morgan fingerprint density at radius 2 is 1.23 bits per heavy atom. The van der Waals surface area contributed by atoms with Crippen molar-refractivity contribution in [2.75, 3.05) is 0 Å². The third-order valence-corrected chi connectivity index (χ3v) is 5.43. The first-order valence-corrected chi connectivity index (χ1v) is 10.1. The maximum atomic E-state index is 13.4. The van der Waals surface area contributed by atoms with Crippen LogP contribution in [0, 0.1) is 0 Å². The van der Waals surface area contributed by atoms with Gasteiger partial charge >= 0.3 is 0 Å². The van der Waals surface area contributed by atoms with Crippen LogP contribution in [0.2, 0.25) is 0 Å². The number of carbonyl (C=O) groups is 1. The van der Waals surface area contributed by atoms with Gasteiger partial charge in [-0.3, -0.25) is 4.79 Å². The lowest BCUT2D eigenvalue weighted by Crippen LogP contribution is -2.21. The minimum Gasteiger partial charge on any atom is -0.456 e. The fraction of sp³-hybridized carbons (Fsp3) is 0.107. The largest absolute Gasteiger partial charge is 0.456 e. The fourth-order valence-electron chi connectivity index (χ4n) is 3.68. The van der Waals surface area contributed by atoms with Gasteiger partial charge < -0.3 is 4.74 Å². The van der Waals surface area contributed by atoms with Crippen LogP contribution in [0.25, 0.3) is 0 Å². The molecule has 0 spiro atoms. The summed E-state index contributed by atoms with van der Waals surface area (Å²) in [5, 5.41) is 0. The highest BCUT2D eigenvalue weighted by Crippen LogP contribution is 2.41. The van der Waals surface area contributed by atoms with E-state index in [9.17, 15) is 4.79 Å². The Bertz CT molecular complexity index is 1130. The van der Waals surface area contributed by atoms with E-state index < -0.39 is 0 Å². The topological polar surface area (TPSA) is 26.3 Å². The molecule has 0 saturated carbocycles. The van der Waals surface area contributed by atoms with Gasteiger partial charge in [-0.2, -0.15) is 0 Å². The van der Waals surface area contributed by atoms with Crippen LogP contribution in [-0.2, 0) is 5.41 Å². The summed E-state index contributed by atoms with van der Waals surface area (Å²) in [6.45, 7) is 4.32. The Morgan fingerprint density at radius 1 is 0.667 bits per heavy atom. The number of hydrogen-bond donors (Lipinski definition) is 0. The van der Waals surface area contributed by atoms with Gasteiger partial charge in [0.1, 0.15) is 11.5 Å². The summed E-state index contributed by atoms with van der Waals surface area (Å²) >= 11 is 0. The number of hydrogen-bond acceptors (Lipinski definition) is 2. The highest BCUT2D eigenvalue weighted by Gasteiger charge is 2.30. The summed E-state index contributed by atoms with van der Waals surface area (Å²) in [6, 6.07) is 35.1. The second-order valence-corrected chi connectivity index (χ2v) is 7.78. The maximum absolute atomic E-state index is 13.4. The van der Waals surface area contributed by atoms with Crippen LogP contribution in [0.4, 0.5) is 0 Å². The number of carbonyl (C=O) groups excluding carboxylic acids is 1. The van der Waals surface area contributed by atoms with Crippen LogP contribution in [-0.4, -0.2) is 5.78 Å². The predicted octanol–water partition coefficient (Wildman–Crippen LogP) is 7.04. The molecule has 0 N–H and O–H groups in total. The quantitative estimate of drug-likeness (QED) is 0.329. The van der Waals surface area contributed by atoms with Crippen molar-refractivity contribution in [3.63, 3.8) is 0 Å². The van der Waals surface area contributed by atoms with Gasteiger partial charge in [0.15, 0.2) is 5.78 Å². The van der Waals surface area contributed by atoms with Crippen molar-refractivity contribution >= 4 is 5.78 Å². The van der Waals surface area contributed by atoms with E-state index in [0.29, 0.717) is 22.6 Å². The summed E-state index contributed by atoms with van der Waals surface area (Å²) in [4.78, 5) is 13.4. The minimum atomic E-state index is -0.349. The Morgan fingerprint density at radius 3 is 1.87 bits per heavy atom. The standard InChI is InChI=1S/C28H24O2/c1-28(2,22-15-8-4-9-16-22)25-20-12-19-24(26(29)21-13-6-3-7-14-21)27(25)30-23-17-10-5-11-18-23/h3-20H,1-2H3. The molecule has 0 aliphatic rings. The first kappa shape index (κ1) is 19.7. The predicted molar refractivity (Wildman–Crippen MR) is 121 cm³/mol. The van der Waals surface area contributed by atoms with Gasteiger partial charge in [0.05, 0.1) is 5.56 Å². The van der Waals surface area contributed by atoms with Gasteiger partial charge in [0, 0.05) is 16.5 Å². The van der Waals surface area contributed by atoms with Crippen LogP contribution in [0.5, 0.6) is 11.5 Å². The highest BCUT2D eigenvalue weighted by molar-refractivity contribution is 6.11. The molecular formula is C28H24O2. The third kappa shape index (κ3) is 3.90. The van der Waals surface area contributed by atoms with Crippen LogP contribution in [0.1, 0.15) is 40.9 Å². The zero-order valence-electron chi connectivity index (χ0n) is 17.2. The molecule has 0 aliphatic carbocycles. The number of rotatable bonds is 6. The second kappa shape index (κ2) is 8.38. The van der Waals surface area contributed by atoms with Crippen LogP contribution < -0.4 is 4.74 Å². The molecule has 0 amide bonds. The molecule has 4 rings (SSSR count). The SMILES string of the molecule is CC(C)(c1ccccc1)c1cccc(C(=O)c2ccccc2)c1Oc1ccccc1. The van der Waals surface area contributed by atoms with Crippen LogP contribution in [0.3, 0.4) is 0 Å². The Labute approximate surface area is 177 Å². The zero-order chi connectivity index (χ0) is 21.0. The van der Waals surface area contributed by atoms with Crippen LogP contribution in [0.15, 0.2) is 109 Å². The second-order valence-electron chi connectivity index (χ2n) is 7.78. The van der Waals surface area contributed by atoms with Gasteiger partial charge in [0.2, 0.25) is 0 Å². The van der Waals surface area contributed by atoms with Gasteiger partial charge in [-0.25, -0.2) is 0 Å². The van der Waals surface area contributed by atoms with Crippen LogP contribution >= 0.6 is 0 Å². The van der Waals surface area contributed by atoms with Gasteiger partial charge in [-0.05, 0) is 23.8 Å². The molecular weight excluding hydrogens is 368 g/mol. The minimum absolute atomic E-state index is 0.0488. The van der Waals surface area contributed by atoms with E-state index in [0.717, 1.165) is 11.1 Å². The van der Waals surface area contributed by atoms with Crippen molar-refractivity contribution in [2.24, 2.45) is 0 Å². The van der Waals surface area contributed by atoms with Crippen molar-refractivity contribution in [1.29, 1.82) is 0 Å². The van der Waals surface area contributed by atoms with E-state index in [1.807, 2.05) is 97.1 Å². The van der Waals surface area contributed by atoms with Crippen molar-refractivity contribution in [2.45, 2.75) is 19.3 Å². The third-order valence-electron chi connectivity index (χ3n) is 5.43. The Kier molecular flexibility index (Phi) is 5.49. The van der Waals surface area contributed by atoms with Crippen molar-refractivity contribution < 1.29 is 9.53 Å². The Hall–Kier alpha value is -3.65. The first-order chi connectivity index (χ1) is 14.6. The molecule has 0 atom stereocenters. The summed E-state index contributed by atoms with van der Waals surface area (Å²) in [7, 11) is 0. The lowest BCUT2D eigenvalue weighted by Gasteiger charge is -2.29. The van der Waals surface area contributed by atoms with E-state index in [1.165, 1.54) is 0 Å². The molecule has 4 aromatic carbocycles. The van der Waals surface area contributed by atoms with E-state index in [-0.39, 0.29) is 11.2 Å². The van der Waals surface area contributed by atoms with Crippen molar-refractivity contribution in [3.8, 4) is 11.5 Å². The van der Waals surface area contributed by atoms with E-state index >= 15 is 0 Å². The van der Waals surface area contributed by atoms with Crippen molar-refractivity contribution in [1.82, 2.24) is 0 Å². The molecule has 0 bridgehead atoms. The lowest BCUT2D eigenvalue weighted by atomic mass is 9.76. The molecule has 0 aliphatic heterocycles. The smallest absolute Gasteiger partial charge is 0.196 e. The number of benzene rings is 4. The molecule has 2 heteroatoms. The number of ether oxygens (including phenoxy) is 1. The average molecular weight is 392 g/mol. The van der Waals surface area contributed by atoms with Gasteiger partial charge in [-0.15, -0.1) is 0 Å². The zero-order valence-corrected chi connectivity index (χ0v) is 17.2. The molecule has 0 heterocycles. The van der Waals surface area contributed by atoms with Crippen molar-refractivity contribution in [3.05, 3.63) is 131 Å². The summed E-state index contributed by atoms with van der Waals surface area (Å²) < 4.78 is 6.37. The summed E-state index contributed by atoms with van der Waals surface area (Å²) in [5.41, 5.74) is 2.99. The monoisotopic (exact) mass is 392 g/mol. The van der Waals surface area contributed by atoms with Gasteiger partial charge in [-0.1, -0.05) is 105 Å². The molecule has 2 nitrogen and oxygen atoms in total. The number of para-hydroxylation sites is 2. The molecule has 4 aromatic rings. The molecule has 0 fully saturated rings. The molecule has 148 valence electrons. The number of ketones is 1. The molecule has 30 heavy (non-hydrogen) atoms. The molecule has 0 aromatic heterocycles. The normalized spacial score (nSPS) is 11.1. The highest BCUT2D eigenvalue weighted by atomic mass is 16.5. The Balaban J connectivity index is 1.89. The molecule has 0 saturated heterocycles. The lowest BCUT2D eigenvalue weighted by molar-refractivity contribution is 0.103. The average Bonchev–Trinajstić information content (AvgIpc) is 2.80.